The first-order valence-corrected chi connectivity index (χ1v) is 10.7. The van der Waals surface area contributed by atoms with Crippen LogP contribution in [0.3, 0.4) is 0 Å². The molecule has 0 saturated carbocycles. The highest BCUT2D eigenvalue weighted by Gasteiger charge is 2.46. The number of anilines is 1. The van der Waals surface area contributed by atoms with Crippen LogP contribution in [0.5, 0.6) is 0 Å². The van der Waals surface area contributed by atoms with Crippen molar-refractivity contribution in [3.05, 3.63) is 53.6 Å². The molecule has 3 N–H and O–H groups in total. The smallest absolute Gasteiger partial charge is 0.394 e. The molecule has 2 aromatic heterocycles. The summed E-state index contributed by atoms with van der Waals surface area (Å²) in [6, 6.07) is 1.54. The highest BCUT2D eigenvalue weighted by molar-refractivity contribution is 6.17. The molecular weight excluding hydrogens is 492 g/mol. The van der Waals surface area contributed by atoms with Gasteiger partial charge >= 0.3 is 6.18 Å². The molecule has 194 valence electrons. The molecule has 2 atom stereocenters. The van der Waals surface area contributed by atoms with Gasteiger partial charge in [-0.2, -0.15) is 13.2 Å². The molecule has 8 nitrogen and oxygen atoms in total. The number of hydrogen-bond acceptors (Lipinski definition) is 7. The van der Waals surface area contributed by atoms with Crippen molar-refractivity contribution in [1.29, 1.82) is 0 Å². The fourth-order valence-corrected chi connectivity index (χ4v) is 3.86. The molecule has 14 heteroatoms. The van der Waals surface area contributed by atoms with E-state index in [4.69, 9.17) is 5.73 Å². The molecule has 3 rings (SSSR count). The lowest BCUT2D eigenvalue weighted by Crippen LogP contribution is -2.58. The average Bonchev–Trinajstić information content (AvgIpc) is 2.80. The van der Waals surface area contributed by atoms with Crippen molar-refractivity contribution in [3.8, 4) is 0 Å². The van der Waals surface area contributed by atoms with Gasteiger partial charge in [0.25, 0.3) is 11.8 Å². The van der Waals surface area contributed by atoms with E-state index >= 15 is 0 Å². The number of nitrogens with one attached hydrogen (secondary N) is 1. The minimum absolute atomic E-state index is 0.0179. The summed E-state index contributed by atoms with van der Waals surface area (Å²) in [5.41, 5.74) is 4.59. The van der Waals surface area contributed by atoms with Crippen LogP contribution in [-0.4, -0.2) is 64.1 Å². The van der Waals surface area contributed by atoms with E-state index in [1.165, 1.54) is 26.3 Å². The van der Waals surface area contributed by atoms with Gasteiger partial charge in [-0.25, -0.2) is 23.1 Å². The highest BCUT2D eigenvalue weighted by atomic mass is 19.4. The van der Waals surface area contributed by atoms with Gasteiger partial charge in [0.15, 0.2) is 5.69 Å². The van der Waals surface area contributed by atoms with Gasteiger partial charge in [-0.15, -0.1) is 0 Å². The minimum Gasteiger partial charge on any atom is -0.394 e. The normalized spacial score (nSPS) is 20.8. The first-order chi connectivity index (χ1) is 16.8. The number of rotatable bonds is 6. The van der Waals surface area contributed by atoms with Gasteiger partial charge in [-0.05, 0) is 18.1 Å². The summed E-state index contributed by atoms with van der Waals surface area (Å²) in [6.45, 7) is 0.478. The molecule has 1 amide bonds. The fourth-order valence-electron chi connectivity index (χ4n) is 3.86. The van der Waals surface area contributed by atoms with Gasteiger partial charge in [0.1, 0.15) is 17.3 Å². The molecule has 1 aliphatic heterocycles. The number of aromatic nitrogens is 3. The van der Waals surface area contributed by atoms with Gasteiger partial charge < -0.3 is 16.0 Å². The third kappa shape index (κ3) is 6.29. The molecule has 0 aromatic carbocycles. The lowest BCUT2D eigenvalue weighted by molar-refractivity contribution is -0.148. The monoisotopic (exact) mass is 515 g/mol. The Morgan fingerprint density at radius 2 is 1.97 bits per heavy atom. The van der Waals surface area contributed by atoms with Crippen LogP contribution in [0.2, 0.25) is 0 Å². The number of alkyl halides is 5. The second-order valence-electron chi connectivity index (χ2n) is 8.28. The molecule has 3 heterocycles. The Kier molecular flexibility index (Phi) is 7.84. The number of hydrogen-bond donors (Lipinski definition) is 2. The Morgan fingerprint density at radius 3 is 2.53 bits per heavy atom. The predicted molar refractivity (Wildman–Crippen MR) is 119 cm³/mol. The number of piperidine rings is 1. The lowest BCUT2D eigenvalue weighted by Gasteiger charge is -2.43. The first kappa shape index (κ1) is 26.9. The summed E-state index contributed by atoms with van der Waals surface area (Å²) in [5, 5.41) is 2.75. The minimum atomic E-state index is -4.67. The van der Waals surface area contributed by atoms with Crippen molar-refractivity contribution < 1.29 is 31.1 Å². The molecule has 2 aromatic rings. The van der Waals surface area contributed by atoms with E-state index in [1.807, 2.05) is 0 Å². The number of nitrogens with zero attached hydrogens (tertiary/aromatic N) is 5. The van der Waals surface area contributed by atoms with E-state index < -0.39 is 60.1 Å². The Morgan fingerprint density at radius 1 is 1.25 bits per heavy atom. The zero-order valence-electron chi connectivity index (χ0n) is 19.2. The van der Waals surface area contributed by atoms with Crippen LogP contribution in [0.4, 0.5) is 32.2 Å². The third-order valence-electron chi connectivity index (χ3n) is 5.56. The quantitative estimate of drug-likeness (QED) is 0.347. The largest absolute Gasteiger partial charge is 0.434 e. The zero-order valence-corrected chi connectivity index (χ0v) is 19.2. The number of carbonyl (C=O) groups excluding carboxylic acids is 1. The van der Waals surface area contributed by atoms with Crippen molar-refractivity contribution in [2.45, 2.75) is 31.5 Å². The van der Waals surface area contributed by atoms with Crippen LogP contribution in [-0.2, 0) is 11.0 Å². The molecular formula is C22H23F6N7O. The molecule has 0 bridgehead atoms. The Bertz CT molecular complexity index is 1130. The van der Waals surface area contributed by atoms with Crippen LogP contribution in [0.25, 0.3) is 5.57 Å². The molecule has 0 spiro atoms. The summed E-state index contributed by atoms with van der Waals surface area (Å²) in [5.74, 6) is -5.50. The molecule has 0 aliphatic carbocycles. The topological polar surface area (TPSA) is 109 Å². The molecule has 1 aliphatic rings. The van der Waals surface area contributed by atoms with Crippen molar-refractivity contribution >= 4 is 23.5 Å². The molecule has 0 radical (unpaired) electrons. The van der Waals surface area contributed by atoms with E-state index in [9.17, 15) is 31.1 Å². The number of amides is 1. The van der Waals surface area contributed by atoms with Crippen LogP contribution >= 0.6 is 0 Å². The number of carbonyl (C=O) groups is 1. The van der Waals surface area contributed by atoms with Crippen LogP contribution in [0.15, 0.2) is 41.4 Å². The second kappa shape index (κ2) is 10.5. The average molecular weight is 515 g/mol. The highest BCUT2D eigenvalue weighted by Crippen LogP contribution is 2.35. The maximum absolute atomic E-state index is 14.5. The predicted octanol–water partition coefficient (Wildman–Crippen LogP) is 3.38. The van der Waals surface area contributed by atoms with E-state index in [2.05, 4.69) is 25.3 Å². The zero-order chi connectivity index (χ0) is 26.7. The second-order valence-corrected chi connectivity index (χ2v) is 8.28. The van der Waals surface area contributed by atoms with Gasteiger partial charge in [-0.1, -0.05) is 6.92 Å². The summed E-state index contributed by atoms with van der Waals surface area (Å²) in [4.78, 5) is 28.9. The van der Waals surface area contributed by atoms with E-state index in [0.717, 1.165) is 23.4 Å². The van der Waals surface area contributed by atoms with Gasteiger partial charge in [0.05, 0.1) is 36.9 Å². The number of allylic oxidation sites excluding steroid dienone is 1. The van der Waals surface area contributed by atoms with E-state index in [1.54, 1.807) is 0 Å². The molecule has 1 fully saturated rings. The lowest BCUT2D eigenvalue weighted by atomic mass is 9.88. The summed E-state index contributed by atoms with van der Waals surface area (Å²) in [7, 11) is 1.40. The van der Waals surface area contributed by atoms with Gasteiger partial charge in [-0.3, -0.25) is 14.8 Å². The van der Waals surface area contributed by atoms with Gasteiger partial charge in [0, 0.05) is 31.8 Å². The van der Waals surface area contributed by atoms with E-state index in [-0.39, 0.29) is 23.6 Å². The first-order valence-electron chi connectivity index (χ1n) is 10.7. The Balaban J connectivity index is 1.89. The van der Waals surface area contributed by atoms with Crippen LogP contribution < -0.4 is 11.1 Å². The Labute approximate surface area is 202 Å². The number of halogens is 6. The molecule has 1 saturated heterocycles. The van der Waals surface area contributed by atoms with E-state index in [0.29, 0.717) is 6.20 Å². The van der Waals surface area contributed by atoms with Crippen molar-refractivity contribution in [1.82, 2.24) is 19.9 Å². The molecule has 2 unspecified atom stereocenters. The van der Waals surface area contributed by atoms with Crippen LogP contribution in [0.1, 0.15) is 24.7 Å². The number of likely N-dealkylation sites (tertiary alicyclic amines) is 1. The maximum atomic E-state index is 14.5. The standard InChI is InChI=1S/C22H23F6N7O/c1-12-5-21(24,25)11-35(16(12)8-33-18-10-32-17(9-34-18)22(26,27)28)20(36)19(29)14(7-30-2)15-4-3-13(23)6-31-15/h3-4,6-7,9-10,12,16H,5,8,11,29H2,1-2H3,(H,33,34). The molecule has 36 heavy (non-hydrogen) atoms. The number of pyridine rings is 1. The van der Waals surface area contributed by atoms with Crippen molar-refractivity contribution in [3.63, 3.8) is 0 Å². The summed E-state index contributed by atoms with van der Waals surface area (Å²) < 4.78 is 80.3. The summed E-state index contributed by atoms with van der Waals surface area (Å²) in [6.07, 6.45) is -1.66. The number of aliphatic imine (C=N–C) groups is 1. The Hall–Kier alpha value is -3.71. The maximum Gasteiger partial charge on any atom is 0.434 e. The van der Waals surface area contributed by atoms with Gasteiger partial charge in [0.2, 0.25) is 0 Å². The SMILES string of the molecule is CN=CC(=C(N)C(=O)N1CC(F)(F)CC(C)C1CNc1cnc(C(F)(F)F)cn1)c1ccc(F)cn1. The number of nitrogens with two attached hydrogens (primary N) is 1. The van der Waals surface area contributed by atoms with Crippen LogP contribution in [0, 0.1) is 11.7 Å². The third-order valence-corrected chi connectivity index (χ3v) is 5.56. The van der Waals surface area contributed by atoms with Crippen molar-refractivity contribution in [2.24, 2.45) is 16.6 Å². The van der Waals surface area contributed by atoms with Crippen molar-refractivity contribution in [2.75, 3.05) is 25.5 Å². The fraction of sp³-hybridized carbons (Fsp3) is 0.409. The summed E-state index contributed by atoms with van der Waals surface area (Å²) >= 11 is 0.